The van der Waals surface area contributed by atoms with Crippen molar-refractivity contribution in [3.8, 4) is 0 Å². The van der Waals surface area contributed by atoms with Crippen LogP contribution in [-0.2, 0) is 0 Å². The second-order valence-electron chi connectivity index (χ2n) is 7.31. The minimum atomic E-state index is 0.463. The summed E-state index contributed by atoms with van der Waals surface area (Å²) in [6.45, 7) is 7.37. The van der Waals surface area contributed by atoms with Crippen LogP contribution in [0.2, 0.25) is 0 Å². The molecular formula is C18H26BrN. The number of nitrogens with one attached hydrogen (secondary N) is 1. The molecule has 2 heteroatoms. The molecule has 0 radical (unpaired) electrons. The lowest BCUT2D eigenvalue weighted by Crippen LogP contribution is -2.53. The molecule has 1 nitrogen and oxygen atoms in total. The summed E-state index contributed by atoms with van der Waals surface area (Å²) >= 11 is 3.56. The molecule has 1 spiro atoms. The number of hydrogen-bond donors (Lipinski definition) is 1. The van der Waals surface area contributed by atoms with Crippen molar-refractivity contribution in [3.05, 3.63) is 34.3 Å². The Hall–Kier alpha value is -0.340. The molecule has 1 saturated carbocycles. The van der Waals surface area contributed by atoms with E-state index in [0.29, 0.717) is 16.7 Å². The van der Waals surface area contributed by atoms with Crippen LogP contribution in [0, 0.1) is 10.8 Å². The number of rotatable bonds is 1. The summed E-state index contributed by atoms with van der Waals surface area (Å²) in [7, 11) is 0. The van der Waals surface area contributed by atoms with Gasteiger partial charge in [-0.1, -0.05) is 54.8 Å². The van der Waals surface area contributed by atoms with Gasteiger partial charge in [-0.05, 0) is 54.3 Å². The first-order valence-corrected chi connectivity index (χ1v) is 8.81. The Balaban J connectivity index is 2.00. The lowest BCUT2D eigenvalue weighted by Gasteiger charge is -2.57. The van der Waals surface area contributed by atoms with Crippen molar-refractivity contribution < 1.29 is 0 Å². The SMILES string of the molecule is CC1(C)CCCCC12CCNCC2c1ccc(Br)cc1. The molecule has 1 heterocycles. The van der Waals surface area contributed by atoms with Crippen molar-refractivity contribution in [1.82, 2.24) is 5.32 Å². The van der Waals surface area contributed by atoms with E-state index >= 15 is 0 Å². The van der Waals surface area contributed by atoms with E-state index in [4.69, 9.17) is 0 Å². The minimum absolute atomic E-state index is 0.463. The molecule has 2 unspecified atom stereocenters. The largest absolute Gasteiger partial charge is 0.316 e. The quantitative estimate of drug-likeness (QED) is 0.751. The zero-order valence-electron chi connectivity index (χ0n) is 12.7. The Bertz CT molecular complexity index is 459. The summed E-state index contributed by atoms with van der Waals surface area (Å²) in [4.78, 5) is 0. The molecule has 110 valence electrons. The Labute approximate surface area is 131 Å². The monoisotopic (exact) mass is 335 g/mol. The van der Waals surface area contributed by atoms with E-state index in [2.05, 4.69) is 59.4 Å². The van der Waals surface area contributed by atoms with Gasteiger partial charge in [0.15, 0.2) is 0 Å². The Morgan fingerprint density at radius 3 is 2.45 bits per heavy atom. The first-order chi connectivity index (χ1) is 9.55. The molecule has 1 aromatic rings. The smallest absolute Gasteiger partial charge is 0.0175 e. The molecule has 1 N–H and O–H groups in total. The van der Waals surface area contributed by atoms with Crippen molar-refractivity contribution in [2.75, 3.05) is 13.1 Å². The van der Waals surface area contributed by atoms with E-state index < -0.39 is 0 Å². The van der Waals surface area contributed by atoms with E-state index in [9.17, 15) is 0 Å². The van der Waals surface area contributed by atoms with Crippen LogP contribution in [0.1, 0.15) is 57.4 Å². The molecule has 0 bridgehead atoms. The summed E-state index contributed by atoms with van der Waals surface area (Å²) in [5.74, 6) is 0.666. The molecule has 3 rings (SSSR count). The van der Waals surface area contributed by atoms with E-state index in [-0.39, 0.29) is 0 Å². The molecule has 0 amide bonds. The van der Waals surface area contributed by atoms with Gasteiger partial charge in [-0.25, -0.2) is 0 Å². The lowest BCUT2D eigenvalue weighted by molar-refractivity contribution is -0.0320. The molecule has 1 aliphatic carbocycles. The summed E-state index contributed by atoms with van der Waals surface area (Å²) < 4.78 is 1.18. The van der Waals surface area contributed by atoms with Crippen LogP contribution < -0.4 is 5.32 Å². The van der Waals surface area contributed by atoms with Crippen LogP contribution in [0.5, 0.6) is 0 Å². The van der Waals surface area contributed by atoms with Gasteiger partial charge in [0.2, 0.25) is 0 Å². The normalized spacial score (nSPS) is 33.2. The third kappa shape index (κ3) is 2.35. The highest BCUT2D eigenvalue weighted by Crippen LogP contribution is 2.60. The van der Waals surface area contributed by atoms with Crippen LogP contribution in [0.4, 0.5) is 0 Å². The molecule has 2 aliphatic rings. The summed E-state index contributed by atoms with van der Waals surface area (Å²) in [6, 6.07) is 9.06. The van der Waals surface area contributed by atoms with E-state index in [0.717, 1.165) is 6.54 Å². The predicted octanol–water partition coefficient (Wildman–Crippen LogP) is 5.11. The van der Waals surface area contributed by atoms with Crippen LogP contribution in [0.3, 0.4) is 0 Å². The van der Waals surface area contributed by atoms with Gasteiger partial charge < -0.3 is 5.32 Å². The minimum Gasteiger partial charge on any atom is -0.316 e. The van der Waals surface area contributed by atoms with Crippen LogP contribution in [0.25, 0.3) is 0 Å². The van der Waals surface area contributed by atoms with Gasteiger partial charge in [-0.15, -0.1) is 0 Å². The highest BCUT2D eigenvalue weighted by molar-refractivity contribution is 9.10. The average molecular weight is 336 g/mol. The molecule has 20 heavy (non-hydrogen) atoms. The molecule has 2 atom stereocenters. The predicted molar refractivity (Wildman–Crippen MR) is 89.1 cm³/mol. The molecule has 1 aromatic carbocycles. The van der Waals surface area contributed by atoms with Gasteiger partial charge in [0, 0.05) is 16.9 Å². The third-order valence-corrected chi connectivity index (χ3v) is 6.59. The molecule has 1 saturated heterocycles. The van der Waals surface area contributed by atoms with E-state index in [1.807, 2.05) is 0 Å². The van der Waals surface area contributed by atoms with Gasteiger partial charge in [0.1, 0.15) is 0 Å². The van der Waals surface area contributed by atoms with Gasteiger partial charge in [-0.2, -0.15) is 0 Å². The fourth-order valence-corrected chi connectivity index (χ4v) is 5.03. The second kappa shape index (κ2) is 5.46. The first kappa shape index (κ1) is 14.6. The third-order valence-electron chi connectivity index (χ3n) is 6.06. The molecular weight excluding hydrogens is 310 g/mol. The number of benzene rings is 1. The summed E-state index contributed by atoms with van der Waals surface area (Å²) in [6.07, 6.45) is 6.95. The van der Waals surface area contributed by atoms with Gasteiger partial charge >= 0.3 is 0 Å². The van der Waals surface area contributed by atoms with Crippen molar-refractivity contribution >= 4 is 15.9 Å². The van der Waals surface area contributed by atoms with Crippen molar-refractivity contribution in [3.63, 3.8) is 0 Å². The second-order valence-corrected chi connectivity index (χ2v) is 8.22. The molecule has 0 aromatic heterocycles. The van der Waals surface area contributed by atoms with Gasteiger partial charge in [0.25, 0.3) is 0 Å². The van der Waals surface area contributed by atoms with Gasteiger partial charge in [0.05, 0.1) is 0 Å². The fraction of sp³-hybridized carbons (Fsp3) is 0.667. The topological polar surface area (TPSA) is 12.0 Å². The van der Waals surface area contributed by atoms with Crippen molar-refractivity contribution in [2.24, 2.45) is 10.8 Å². The number of halogens is 1. The molecule has 2 fully saturated rings. The highest BCUT2D eigenvalue weighted by Gasteiger charge is 2.52. The lowest BCUT2D eigenvalue weighted by atomic mass is 9.49. The Morgan fingerprint density at radius 1 is 1.05 bits per heavy atom. The van der Waals surface area contributed by atoms with Crippen LogP contribution in [0.15, 0.2) is 28.7 Å². The van der Waals surface area contributed by atoms with Crippen molar-refractivity contribution in [2.45, 2.75) is 51.9 Å². The first-order valence-electron chi connectivity index (χ1n) is 8.01. The maximum Gasteiger partial charge on any atom is 0.0175 e. The fourth-order valence-electron chi connectivity index (χ4n) is 4.76. The molecule has 1 aliphatic heterocycles. The van der Waals surface area contributed by atoms with Crippen molar-refractivity contribution in [1.29, 1.82) is 0 Å². The summed E-state index contributed by atoms with van der Waals surface area (Å²) in [5, 5.41) is 3.65. The van der Waals surface area contributed by atoms with Crippen LogP contribution >= 0.6 is 15.9 Å². The Kier molecular flexibility index (Phi) is 3.98. The maximum absolute atomic E-state index is 3.65. The zero-order valence-corrected chi connectivity index (χ0v) is 14.3. The van der Waals surface area contributed by atoms with E-state index in [1.54, 1.807) is 0 Å². The highest BCUT2D eigenvalue weighted by atomic mass is 79.9. The van der Waals surface area contributed by atoms with Gasteiger partial charge in [-0.3, -0.25) is 0 Å². The number of piperidine rings is 1. The van der Waals surface area contributed by atoms with Crippen LogP contribution in [-0.4, -0.2) is 13.1 Å². The maximum atomic E-state index is 3.65. The zero-order chi connectivity index (χ0) is 14.2. The summed E-state index contributed by atoms with van der Waals surface area (Å²) in [5.41, 5.74) is 2.48. The average Bonchev–Trinajstić information content (AvgIpc) is 2.44. The number of hydrogen-bond acceptors (Lipinski definition) is 1. The standard InChI is InChI=1S/C18H26BrN/c1-17(2)9-3-4-10-18(17)11-12-20-13-16(18)14-5-7-15(19)8-6-14/h5-8,16,20H,3-4,9-13H2,1-2H3. The van der Waals surface area contributed by atoms with E-state index in [1.165, 1.54) is 48.7 Å². The Morgan fingerprint density at radius 2 is 1.75 bits per heavy atom.